The van der Waals surface area contributed by atoms with E-state index < -0.39 is 55.8 Å². The molecule has 15 heteroatoms. The van der Waals surface area contributed by atoms with E-state index in [1.54, 1.807) is 0 Å². The standard InChI is InChI=1S/C10H8O9S3.3Li/c11-20(12,13)6-1-2-7-8(5-6)10(22(17,18)19)4-3-9(7)21(14,15)16;;;/h1-5H,(H,11,12,13)(H,14,15,16)(H,17,18,19);;;/q;3*+1/p-3. The Bertz CT molecular complexity index is 1090. The molecule has 0 aliphatic rings. The van der Waals surface area contributed by atoms with Gasteiger partial charge in [0.25, 0.3) is 0 Å². The molecule has 120 valence electrons. The third-order valence-electron chi connectivity index (χ3n) is 2.74. The van der Waals surface area contributed by atoms with Gasteiger partial charge in [-0.3, -0.25) is 0 Å². The smallest absolute Gasteiger partial charge is 0.744 e. The Balaban J connectivity index is 0. The van der Waals surface area contributed by atoms with Crippen LogP contribution in [0.15, 0.2) is 45.0 Å². The van der Waals surface area contributed by atoms with Crippen LogP contribution in [-0.4, -0.2) is 38.9 Å². The van der Waals surface area contributed by atoms with E-state index in [0.29, 0.717) is 24.3 Å². The summed E-state index contributed by atoms with van der Waals surface area (Å²) < 4.78 is 99.7. The molecule has 0 aliphatic heterocycles. The first-order valence-electron chi connectivity index (χ1n) is 5.26. The molecule has 0 amide bonds. The minimum absolute atomic E-state index is 0. The zero-order valence-corrected chi connectivity index (χ0v) is 15.7. The van der Waals surface area contributed by atoms with E-state index in [0.717, 1.165) is 6.07 Å². The Hall–Kier alpha value is 0.222. The van der Waals surface area contributed by atoms with Gasteiger partial charge in [-0.15, -0.1) is 0 Å². The molecule has 2 rings (SSSR count). The quantitative estimate of drug-likeness (QED) is 0.367. The molecule has 0 saturated heterocycles. The fourth-order valence-electron chi connectivity index (χ4n) is 1.86. The predicted molar refractivity (Wildman–Crippen MR) is 67.8 cm³/mol. The van der Waals surface area contributed by atoms with Gasteiger partial charge in [-0.1, -0.05) is 6.07 Å². The maximum atomic E-state index is 11.2. The summed E-state index contributed by atoms with van der Waals surface area (Å²) in [5.41, 5.74) is 0. The molecule has 0 N–H and O–H groups in total. The molecule has 0 radical (unpaired) electrons. The fourth-order valence-corrected chi connectivity index (χ4v) is 3.72. The topological polar surface area (TPSA) is 172 Å². The molecule has 0 saturated carbocycles. The molecular weight excluding hydrogens is 381 g/mol. The summed E-state index contributed by atoms with van der Waals surface area (Å²) in [6.07, 6.45) is 0. The summed E-state index contributed by atoms with van der Waals surface area (Å²) in [6.45, 7) is 0. The first-order valence-corrected chi connectivity index (χ1v) is 9.49. The van der Waals surface area contributed by atoms with Gasteiger partial charge in [-0.2, -0.15) is 0 Å². The molecule has 0 atom stereocenters. The van der Waals surface area contributed by atoms with Crippen LogP contribution in [0.3, 0.4) is 0 Å². The van der Waals surface area contributed by atoms with Crippen molar-refractivity contribution in [1.82, 2.24) is 0 Å². The second kappa shape index (κ2) is 8.94. The van der Waals surface area contributed by atoms with E-state index in [1.165, 1.54) is 0 Å². The van der Waals surface area contributed by atoms with E-state index in [9.17, 15) is 38.9 Å². The van der Waals surface area contributed by atoms with Crippen molar-refractivity contribution in [2.75, 3.05) is 0 Å². The van der Waals surface area contributed by atoms with Crippen molar-refractivity contribution in [2.24, 2.45) is 0 Å². The Morgan fingerprint density at radius 2 is 0.960 bits per heavy atom. The molecule has 2 aromatic carbocycles. The van der Waals surface area contributed by atoms with Gasteiger partial charge in [-0.25, -0.2) is 25.3 Å². The maximum Gasteiger partial charge on any atom is 1.00 e. The number of benzene rings is 2. The molecule has 25 heavy (non-hydrogen) atoms. The van der Waals surface area contributed by atoms with Gasteiger partial charge >= 0.3 is 56.6 Å². The third kappa shape index (κ3) is 6.12. The van der Waals surface area contributed by atoms with Crippen molar-refractivity contribution in [3.05, 3.63) is 30.3 Å². The van der Waals surface area contributed by atoms with Crippen molar-refractivity contribution < 1.29 is 95.5 Å². The average molecular weight is 386 g/mol. The fraction of sp³-hybridized carbons (Fsp3) is 0. The summed E-state index contributed by atoms with van der Waals surface area (Å²) in [6, 6.07) is 3.22. The van der Waals surface area contributed by atoms with Crippen LogP contribution in [0.4, 0.5) is 0 Å². The van der Waals surface area contributed by atoms with E-state index in [2.05, 4.69) is 0 Å². The second-order valence-corrected chi connectivity index (χ2v) is 8.21. The molecule has 0 spiro atoms. The molecule has 0 fully saturated rings. The number of fused-ring (bicyclic) bond motifs is 1. The summed E-state index contributed by atoms with van der Waals surface area (Å²) in [5.74, 6) is 0. The first kappa shape index (κ1) is 27.4. The molecule has 0 heterocycles. The SMILES string of the molecule is O=S(=O)([O-])c1ccc2c(S(=O)(=O)[O-])ccc(S(=O)(=O)[O-])c2c1.[Li+].[Li+].[Li+]. The monoisotopic (exact) mass is 386 g/mol. The zero-order valence-electron chi connectivity index (χ0n) is 13.3. The number of rotatable bonds is 3. The number of hydrogen-bond acceptors (Lipinski definition) is 9. The Morgan fingerprint density at radius 1 is 0.560 bits per heavy atom. The van der Waals surface area contributed by atoms with E-state index in [4.69, 9.17) is 0 Å². The van der Waals surface area contributed by atoms with E-state index in [1.807, 2.05) is 0 Å². The Kier molecular flexibility index (Phi) is 9.81. The molecule has 0 aromatic heterocycles. The largest absolute Gasteiger partial charge is 1.00 e. The van der Waals surface area contributed by atoms with Gasteiger partial charge in [0.2, 0.25) is 0 Å². The van der Waals surface area contributed by atoms with Gasteiger partial charge in [0.15, 0.2) is 0 Å². The predicted octanol–water partition coefficient (Wildman–Crippen LogP) is -9.44. The zero-order chi connectivity index (χ0) is 16.9. The summed E-state index contributed by atoms with van der Waals surface area (Å²) in [4.78, 5) is -2.66. The third-order valence-corrected chi connectivity index (χ3v) is 5.36. The molecule has 0 unspecified atom stereocenters. The van der Waals surface area contributed by atoms with Crippen molar-refractivity contribution in [2.45, 2.75) is 14.7 Å². The maximum absolute atomic E-state index is 11.2. The minimum Gasteiger partial charge on any atom is -0.744 e. The van der Waals surface area contributed by atoms with Crippen LogP contribution in [0, 0.1) is 0 Å². The Labute approximate surface area is 180 Å². The first-order chi connectivity index (χ1) is 9.82. The second-order valence-electron chi connectivity index (χ2n) is 4.13. The summed E-state index contributed by atoms with van der Waals surface area (Å²) in [7, 11) is -15.1. The van der Waals surface area contributed by atoms with E-state index in [-0.39, 0.29) is 56.6 Å². The van der Waals surface area contributed by atoms with Gasteiger partial charge in [0, 0.05) is 10.8 Å². The van der Waals surface area contributed by atoms with Crippen LogP contribution in [0.2, 0.25) is 0 Å². The molecule has 0 aliphatic carbocycles. The molecule has 0 bridgehead atoms. The van der Waals surface area contributed by atoms with Crippen LogP contribution in [0.5, 0.6) is 0 Å². The van der Waals surface area contributed by atoms with Crippen LogP contribution in [0.25, 0.3) is 10.8 Å². The van der Waals surface area contributed by atoms with Crippen molar-refractivity contribution in [3.8, 4) is 0 Å². The normalized spacial score (nSPS) is 11.8. The molecule has 9 nitrogen and oxygen atoms in total. The average Bonchev–Trinajstić information content (AvgIpc) is 2.33. The van der Waals surface area contributed by atoms with Gasteiger partial charge < -0.3 is 13.7 Å². The van der Waals surface area contributed by atoms with Crippen molar-refractivity contribution in [3.63, 3.8) is 0 Å². The van der Waals surface area contributed by atoms with Crippen molar-refractivity contribution >= 4 is 41.1 Å². The van der Waals surface area contributed by atoms with Gasteiger partial charge in [0.1, 0.15) is 30.4 Å². The van der Waals surface area contributed by atoms with Crippen molar-refractivity contribution in [1.29, 1.82) is 0 Å². The number of hydrogen-bond donors (Lipinski definition) is 0. The Morgan fingerprint density at radius 3 is 1.32 bits per heavy atom. The van der Waals surface area contributed by atoms with Crippen LogP contribution < -0.4 is 56.6 Å². The minimum atomic E-state index is -5.10. The van der Waals surface area contributed by atoms with Crippen LogP contribution in [0.1, 0.15) is 0 Å². The van der Waals surface area contributed by atoms with Crippen LogP contribution in [-0.2, 0) is 30.4 Å². The summed E-state index contributed by atoms with van der Waals surface area (Å²) in [5, 5.41) is -1.11. The van der Waals surface area contributed by atoms with E-state index >= 15 is 0 Å². The van der Waals surface area contributed by atoms with Crippen LogP contribution >= 0.6 is 0 Å². The van der Waals surface area contributed by atoms with Gasteiger partial charge in [-0.05, 0) is 24.3 Å². The summed E-state index contributed by atoms with van der Waals surface area (Å²) >= 11 is 0. The molecular formula is C10H5Li3O9S3. The van der Waals surface area contributed by atoms with Gasteiger partial charge in [0.05, 0.1) is 14.7 Å². The molecule has 2 aromatic rings.